The average Bonchev–Trinajstić information content (AvgIpc) is 2.52. The first-order valence-corrected chi connectivity index (χ1v) is 7.70. The van der Waals surface area contributed by atoms with Gasteiger partial charge in [-0.2, -0.15) is 0 Å². The fourth-order valence-corrected chi connectivity index (χ4v) is 2.70. The van der Waals surface area contributed by atoms with E-state index in [1.807, 2.05) is 0 Å². The van der Waals surface area contributed by atoms with Crippen molar-refractivity contribution in [2.45, 2.75) is 31.8 Å². The summed E-state index contributed by atoms with van der Waals surface area (Å²) in [6, 6.07) is 5.08. The standard InChI is InChI=1S/C16H22ClNO3/c1-18(9-8-13-5-3-4-10-21-13)16(19)14-11-12(17)6-7-15(14)20-2/h6-7,11,13H,3-5,8-10H2,1-2H3. The summed E-state index contributed by atoms with van der Waals surface area (Å²) in [6.45, 7) is 1.50. The third-order valence-corrected chi connectivity index (χ3v) is 4.03. The summed E-state index contributed by atoms with van der Waals surface area (Å²) in [4.78, 5) is 14.2. The van der Waals surface area contributed by atoms with Gasteiger partial charge in [0.25, 0.3) is 5.91 Å². The molecule has 0 bridgehead atoms. The van der Waals surface area contributed by atoms with E-state index in [1.54, 1.807) is 37.3 Å². The van der Waals surface area contributed by atoms with Crippen LogP contribution in [0.4, 0.5) is 0 Å². The van der Waals surface area contributed by atoms with Crippen LogP contribution in [0.15, 0.2) is 18.2 Å². The molecular weight excluding hydrogens is 290 g/mol. The Morgan fingerprint density at radius 2 is 2.29 bits per heavy atom. The van der Waals surface area contributed by atoms with E-state index in [1.165, 1.54) is 6.42 Å². The highest BCUT2D eigenvalue weighted by Crippen LogP contribution is 2.24. The van der Waals surface area contributed by atoms with Crippen molar-refractivity contribution in [2.24, 2.45) is 0 Å². The number of carbonyl (C=O) groups is 1. The first kappa shape index (κ1) is 16.1. The maximum atomic E-state index is 12.5. The summed E-state index contributed by atoms with van der Waals surface area (Å²) in [5, 5.41) is 0.531. The van der Waals surface area contributed by atoms with Crippen LogP contribution in [0.1, 0.15) is 36.0 Å². The molecular formula is C16H22ClNO3. The lowest BCUT2D eigenvalue weighted by Crippen LogP contribution is -2.31. The lowest BCUT2D eigenvalue weighted by Gasteiger charge is -2.25. The third-order valence-electron chi connectivity index (χ3n) is 3.80. The minimum Gasteiger partial charge on any atom is -0.496 e. The number of halogens is 1. The van der Waals surface area contributed by atoms with Gasteiger partial charge in [-0.05, 0) is 43.9 Å². The minimum absolute atomic E-state index is 0.0786. The van der Waals surface area contributed by atoms with E-state index in [4.69, 9.17) is 21.1 Å². The predicted octanol–water partition coefficient (Wildman–Crippen LogP) is 3.38. The molecule has 1 amide bonds. The Balaban J connectivity index is 1.96. The van der Waals surface area contributed by atoms with Gasteiger partial charge in [-0.15, -0.1) is 0 Å². The Morgan fingerprint density at radius 1 is 1.48 bits per heavy atom. The molecule has 1 saturated heterocycles. The molecule has 5 heteroatoms. The Bertz CT molecular complexity index is 486. The molecule has 1 fully saturated rings. The van der Waals surface area contributed by atoms with Gasteiger partial charge < -0.3 is 14.4 Å². The zero-order chi connectivity index (χ0) is 15.2. The van der Waals surface area contributed by atoms with Crippen molar-refractivity contribution >= 4 is 17.5 Å². The average molecular weight is 312 g/mol. The maximum absolute atomic E-state index is 12.5. The number of ether oxygens (including phenoxy) is 2. The van der Waals surface area contributed by atoms with E-state index in [0.717, 1.165) is 25.9 Å². The summed E-state index contributed by atoms with van der Waals surface area (Å²) in [7, 11) is 3.35. The molecule has 1 heterocycles. The summed E-state index contributed by atoms with van der Waals surface area (Å²) >= 11 is 5.98. The molecule has 0 radical (unpaired) electrons. The molecule has 2 rings (SSSR count). The lowest BCUT2D eigenvalue weighted by atomic mass is 10.1. The fraction of sp³-hybridized carbons (Fsp3) is 0.562. The van der Waals surface area contributed by atoms with Crippen molar-refractivity contribution in [3.05, 3.63) is 28.8 Å². The van der Waals surface area contributed by atoms with Gasteiger partial charge in [0.15, 0.2) is 0 Å². The van der Waals surface area contributed by atoms with E-state index in [-0.39, 0.29) is 12.0 Å². The number of amides is 1. The van der Waals surface area contributed by atoms with E-state index in [2.05, 4.69) is 0 Å². The molecule has 0 aliphatic carbocycles. The number of rotatable bonds is 5. The molecule has 0 N–H and O–H groups in total. The second-order valence-corrected chi connectivity index (χ2v) is 5.79. The molecule has 4 nitrogen and oxygen atoms in total. The lowest BCUT2D eigenvalue weighted by molar-refractivity contribution is 0.00707. The van der Waals surface area contributed by atoms with E-state index < -0.39 is 0 Å². The van der Waals surface area contributed by atoms with Crippen LogP contribution in [0.5, 0.6) is 5.75 Å². The van der Waals surface area contributed by atoms with E-state index >= 15 is 0 Å². The van der Waals surface area contributed by atoms with Gasteiger partial charge in [-0.1, -0.05) is 11.6 Å². The fourth-order valence-electron chi connectivity index (χ4n) is 2.53. The normalized spacial score (nSPS) is 18.3. The van der Waals surface area contributed by atoms with Crippen molar-refractivity contribution in [1.29, 1.82) is 0 Å². The number of methoxy groups -OCH3 is 1. The van der Waals surface area contributed by atoms with Gasteiger partial charge in [-0.3, -0.25) is 4.79 Å². The van der Waals surface area contributed by atoms with Gasteiger partial charge in [0, 0.05) is 25.2 Å². The summed E-state index contributed by atoms with van der Waals surface area (Å²) in [5.41, 5.74) is 0.497. The van der Waals surface area contributed by atoms with Crippen LogP contribution in [0, 0.1) is 0 Å². The molecule has 0 spiro atoms. The summed E-state index contributed by atoms with van der Waals surface area (Å²) in [5.74, 6) is 0.468. The van der Waals surface area contributed by atoms with Crippen LogP contribution >= 0.6 is 11.6 Å². The highest BCUT2D eigenvalue weighted by molar-refractivity contribution is 6.31. The van der Waals surface area contributed by atoms with Crippen molar-refractivity contribution in [2.75, 3.05) is 27.3 Å². The van der Waals surface area contributed by atoms with Crippen LogP contribution < -0.4 is 4.74 Å². The zero-order valence-corrected chi connectivity index (χ0v) is 13.4. The highest BCUT2D eigenvalue weighted by atomic mass is 35.5. The molecule has 0 saturated carbocycles. The number of hydrogen-bond donors (Lipinski definition) is 0. The Labute approximate surface area is 131 Å². The van der Waals surface area contributed by atoms with Gasteiger partial charge in [-0.25, -0.2) is 0 Å². The molecule has 0 aromatic heterocycles. The predicted molar refractivity (Wildman–Crippen MR) is 83.2 cm³/mol. The first-order valence-electron chi connectivity index (χ1n) is 7.32. The number of hydrogen-bond acceptors (Lipinski definition) is 3. The smallest absolute Gasteiger partial charge is 0.257 e. The van der Waals surface area contributed by atoms with Crippen molar-refractivity contribution < 1.29 is 14.3 Å². The Morgan fingerprint density at radius 3 is 2.95 bits per heavy atom. The van der Waals surface area contributed by atoms with Crippen molar-refractivity contribution in [3.63, 3.8) is 0 Å². The summed E-state index contributed by atoms with van der Waals surface area (Å²) < 4.78 is 10.9. The van der Waals surface area contributed by atoms with E-state index in [9.17, 15) is 4.79 Å². The quantitative estimate of drug-likeness (QED) is 0.837. The van der Waals surface area contributed by atoms with Crippen LogP contribution in [0.3, 0.4) is 0 Å². The molecule has 1 unspecified atom stereocenters. The topological polar surface area (TPSA) is 38.8 Å². The van der Waals surface area contributed by atoms with Gasteiger partial charge in [0.2, 0.25) is 0 Å². The Hall–Kier alpha value is -1.26. The summed E-state index contributed by atoms with van der Waals surface area (Å²) in [6.07, 6.45) is 4.58. The minimum atomic E-state index is -0.0786. The second-order valence-electron chi connectivity index (χ2n) is 5.35. The monoisotopic (exact) mass is 311 g/mol. The van der Waals surface area contributed by atoms with Crippen molar-refractivity contribution in [3.8, 4) is 5.75 Å². The molecule has 1 atom stereocenters. The van der Waals surface area contributed by atoms with Gasteiger partial charge >= 0.3 is 0 Å². The SMILES string of the molecule is COc1ccc(Cl)cc1C(=O)N(C)CCC1CCCCO1. The Kier molecular flexibility index (Phi) is 5.88. The highest BCUT2D eigenvalue weighted by Gasteiger charge is 2.19. The third kappa shape index (κ3) is 4.35. The molecule has 1 aromatic rings. The van der Waals surface area contributed by atoms with Crippen molar-refractivity contribution in [1.82, 2.24) is 4.90 Å². The van der Waals surface area contributed by atoms with Gasteiger partial charge in [0.05, 0.1) is 18.8 Å². The maximum Gasteiger partial charge on any atom is 0.257 e. The molecule has 1 aliphatic rings. The molecule has 1 aliphatic heterocycles. The van der Waals surface area contributed by atoms with Gasteiger partial charge in [0.1, 0.15) is 5.75 Å². The van der Waals surface area contributed by atoms with Crippen LogP contribution in [-0.2, 0) is 4.74 Å². The molecule has 116 valence electrons. The van der Waals surface area contributed by atoms with E-state index in [0.29, 0.717) is 22.9 Å². The second kappa shape index (κ2) is 7.66. The first-order chi connectivity index (χ1) is 10.1. The van der Waals surface area contributed by atoms with Crippen LogP contribution in [0.25, 0.3) is 0 Å². The number of nitrogens with zero attached hydrogens (tertiary/aromatic N) is 1. The van der Waals surface area contributed by atoms with Crippen LogP contribution in [-0.4, -0.2) is 44.2 Å². The van der Waals surface area contributed by atoms with Crippen LogP contribution in [0.2, 0.25) is 5.02 Å². The molecule has 21 heavy (non-hydrogen) atoms. The molecule has 1 aromatic carbocycles. The number of carbonyl (C=O) groups excluding carboxylic acids is 1. The largest absolute Gasteiger partial charge is 0.496 e. The zero-order valence-electron chi connectivity index (χ0n) is 12.6. The number of benzene rings is 1.